The van der Waals surface area contributed by atoms with Gasteiger partial charge < -0.3 is 4.74 Å². The summed E-state index contributed by atoms with van der Waals surface area (Å²) in [4.78, 5) is 0. The van der Waals surface area contributed by atoms with Crippen molar-refractivity contribution < 1.29 is 4.74 Å². The largest absolute Gasteiger partial charge is 0.493 e. The normalized spacial score (nSPS) is 20.3. The first-order valence-corrected chi connectivity index (χ1v) is 7.54. The van der Waals surface area contributed by atoms with Crippen molar-refractivity contribution in [2.45, 2.75) is 58.3 Å². The van der Waals surface area contributed by atoms with Crippen LogP contribution in [0.25, 0.3) is 0 Å². The Kier molecular flexibility index (Phi) is 3.52. The lowest BCUT2D eigenvalue weighted by Gasteiger charge is -2.42. The van der Waals surface area contributed by atoms with Crippen LogP contribution in [0.4, 0.5) is 0 Å². The number of fused-ring (bicyclic) bond motifs is 1. The number of rotatable bonds is 2. The molecular weight excluding hydrogens is 288 g/mol. The smallest absolute Gasteiger partial charge is 0.133 e. The molecule has 0 saturated carbocycles. The summed E-state index contributed by atoms with van der Waals surface area (Å²) >= 11 is 3.64. The molecule has 1 nitrogen and oxygen atoms in total. The number of hydrogen-bond donors (Lipinski definition) is 0. The summed E-state index contributed by atoms with van der Waals surface area (Å²) in [6.07, 6.45) is 2.48. The molecule has 2 heteroatoms. The van der Waals surface area contributed by atoms with E-state index in [1.54, 1.807) is 0 Å². The minimum Gasteiger partial charge on any atom is -0.493 e. The summed E-state index contributed by atoms with van der Waals surface area (Å²) in [6.45, 7) is 12.1. The van der Waals surface area contributed by atoms with Crippen molar-refractivity contribution in [3.63, 3.8) is 0 Å². The maximum absolute atomic E-state index is 5.72. The van der Waals surface area contributed by atoms with Gasteiger partial charge in [-0.15, -0.1) is 0 Å². The van der Waals surface area contributed by atoms with Gasteiger partial charge in [-0.05, 0) is 69.8 Å². The van der Waals surface area contributed by atoms with Crippen molar-refractivity contribution in [1.82, 2.24) is 0 Å². The van der Waals surface area contributed by atoms with E-state index in [9.17, 15) is 0 Å². The van der Waals surface area contributed by atoms with Crippen LogP contribution in [0.5, 0.6) is 5.75 Å². The van der Waals surface area contributed by atoms with E-state index in [-0.39, 0.29) is 10.8 Å². The Morgan fingerprint density at radius 2 is 1.56 bits per heavy atom. The molecule has 0 spiro atoms. The molecule has 1 aromatic rings. The van der Waals surface area contributed by atoms with Gasteiger partial charge in [-0.3, -0.25) is 0 Å². The molecule has 1 aromatic carbocycles. The van der Waals surface area contributed by atoms with Crippen molar-refractivity contribution in [2.75, 3.05) is 6.61 Å². The molecule has 0 saturated heterocycles. The molecule has 1 aliphatic rings. The average molecular weight is 311 g/mol. The Morgan fingerprint density at radius 1 is 1.06 bits per heavy atom. The second-order valence-electron chi connectivity index (χ2n) is 6.53. The molecule has 18 heavy (non-hydrogen) atoms. The molecule has 0 amide bonds. The van der Waals surface area contributed by atoms with Gasteiger partial charge in [0.2, 0.25) is 0 Å². The Morgan fingerprint density at radius 3 is 2.06 bits per heavy atom. The van der Waals surface area contributed by atoms with E-state index in [0.717, 1.165) is 10.2 Å². The molecule has 0 radical (unpaired) electrons. The van der Waals surface area contributed by atoms with Crippen LogP contribution in [0.15, 0.2) is 16.6 Å². The monoisotopic (exact) mass is 310 g/mol. The van der Waals surface area contributed by atoms with Gasteiger partial charge in [0.15, 0.2) is 0 Å². The van der Waals surface area contributed by atoms with Gasteiger partial charge in [0, 0.05) is 0 Å². The summed E-state index contributed by atoms with van der Waals surface area (Å²) in [5.74, 6) is 0.974. The number of hydrogen-bond acceptors (Lipinski definition) is 1. The maximum Gasteiger partial charge on any atom is 0.133 e. The molecule has 0 aliphatic heterocycles. The summed E-state index contributed by atoms with van der Waals surface area (Å²) in [6, 6.07) is 4.51. The lowest BCUT2D eigenvalue weighted by atomic mass is 9.63. The Balaban J connectivity index is 2.61. The molecule has 0 atom stereocenters. The summed E-state index contributed by atoms with van der Waals surface area (Å²) in [5.41, 5.74) is 3.43. The fourth-order valence-electron chi connectivity index (χ4n) is 2.83. The first kappa shape index (κ1) is 13.9. The highest BCUT2D eigenvalue weighted by Crippen LogP contribution is 2.48. The number of halogens is 1. The molecule has 0 fully saturated rings. The zero-order valence-electron chi connectivity index (χ0n) is 12.1. The van der Waals surface area contributed by atoms with Crippen LogP contribution >= 0.6 is 15.9 Å². The zero-order chi connectivity index (χ0) is 13.6. The van der Waals surface area contributed by atoms with Gasteiger partial charge in [-0.1, -0.05) is 27.7 Å². The zero-order valence-corrected chi connectivity index (χ0v) is 13.6. The molecular formula is C16H23BrO. The Bertz CT molecular complexity index is 460. The third-order valence-electron chi connectivity index (χ3n) is 4.21. The minimum absolute atomic E-state index is 0.247. The SMILES string of the molecule is CCOc1cc2c(cc1Br)C(C)(C)CCC2(C)C. The lowest BCUT2D eigenvalue weighted by molar-refractivity contribution is 0.318. The molecule has 0 unspecified atom stereocenters. The van der Waals surface area contributed by atoms with E-state index < -0.39 is 0 Å². The lowest BCUT2D eigenvalue weighted by Crippen LogP contribution is -2.33. The second-order valence-corrected chi connectivity index (χ2v) is 7.38. The third kappa shape index (κ3) is 2.32. The summed E-state index contributed by atoms with van der Waals surface area (Å²) in [7, 11) is 0. The van der Waals surface area contributed by atoms with Gasteiger partial charge in [-0.25, -0.2) is 0 Å². The van der Waals surface area contributed by atoms with E-state index in [1.165, 1.54) is 24.0 Å². The van der Waals surface area contributed by atoms with Crippen molar-refractivity contribution in [2.24, 2.45) is 0 Å². The first-order chi connectivity index (χ1) is 8.28. The number of ether oxygens (including phenoxy) is 1. The molecule has 0 aromatic heterocycles. The van der Waals surface area contributed by atoms with E-state index in [4.69, 9.17) is 4.74 Å². The van der Waals surface area contributed by atoms with E-state index in [2.05, 4.69) is 55.8 Å². The molecule has 0 bridgehead atoms. The summed E-state index contributed by atoms with van der Waals surface area (Å²) < 4.78 is 6.80. The van der Waals surface area contributed by atoms with E-state index in [0.29, 0.717) is 6.61 Å². The Labute approximate surface area is 119 Å². The molecule has 0 heterocycles. The van der Waals surface area contributed by atoms with Crippen LogP contribution in [-0.4, -0.2) is 6.61 Å². The van der Waals surface area contributed by atoms with Crippen LogP contribution in [-0.2, 0) is 10.8 Å². The predicted molar refractivity (Wildman–Crippen MR) is 80.6 cm³/mol. The van der Waals surface area contributed by atoms with E-state index >= 15 is 0 Å². The van der Waals surface area contributed by atoms with Gasteiger partial charge >= 0.3 is 0 Å². The van der Waals surface area contributed by atoms with Gasteiger partial charge in [0.25, 0.3) is 0 Å². The molecule has 1 aliphatic carbocycles. The Hall–Kier alpha value is -0.500. The molecule has 100 valence electrons. The van der Waals surface area contributed by atoms with Crippen molar-refractivity contribution in [3.8, 4) is 5.75 Å². The number of benzene rings is 1. The fourth-order valence-corrected chi connectivity index (χ4v) is 3.29. The van der Waals surface area contributed by atoms with Crippen LogP contribution in [0.3, 0.4) is 0 Å². The highest BCUT2D eigenvalue weighted by atomic mass is 79.9. The van der Waals surface area contributed by atoms with Crippen molar-refractivity contribution >= 4 is 15.9 Å². The highest BCUT2D eigenvalue weighted by molar-refractivity contribution is 9.10. The first-order valence-electron chi connectivity index (χ1n) is 6.75. The second kappa shape index (κ2) is 4.56. The third-order valence-corrected chi connectivity index (χ3v) is 4.82. The fraction of sp³-hybridized carbons (Fsp3) is 0.625. The van der Waals surface area contributed by atoms with Gasteiger partial charge in [0.1, 0.15) is 5.75 Å². The standard InChI is InChI=1S/C16H23BrO/c1-6-18-14-10-12-11(9-13(14)17)15(2,3)7-8-16(12,4)5/h9-10H,6-8H2,1-5H3. The van der Waals surface area contributed by atoms with Crippen LogP contribution in [0.2, 0.25) is 0 Å². The van der Waals surface area contributed by atoms with Crippen molar-refractivity contribution in [1.29, 1.82) is 0 Å². The van der Waals surface area contributed by atoms with Crippen molar-refractivity contribution in [3.05, 3.63) is 27.7 Å². The van der Waals surface area contributed by atoms with Crippen LogP contribution in [0.1, 0.15) is 58.6 Å². The van der Waals surface area contributed by atoms with Crippen LogP contribution in [0, 0.1) is 0 Å². The maximum atomic E-state index is 5.72. The predicted octanol–water partition coefficient (Wildman–Crippen LogP) is 5.20. The quantitative estimate of drug-likeness (QED) is 0.729. The minimum atomic E-state index is 0.247. The topological polar surface area (TPSA) is 9.23 Å². The molecule has 2 rings (SSSR count). The summed E-state index contributed by atoms with van der Waals surface area (Å²) in [5, 5.41) is 0. The van der Waals surface area contributed by atoms with Crippen LogP contribution < -0.4 is 4.74 Å². The van der Waals surface area contributed by atoms with Gasteiger partial charge in [-0.2, -0.15) is 0 Å². The van der Waals surface area contributed by atoms with Gasteiger partial charge in [0.05, 0.1) is 11.1 Å². The molecule has 0 N–H and O–H groups in total. The average Bonchev–Trinajstić information content (AvgIpc) is 2.27. The highest BCUT2D eigenvalue weighted by Gasteiger charge is 2.37. The van der Waals surface area contributed by atoms with E-state index in [1.807, 2.05) is 6.92 Å².